The largest absolute Gasteiger partial charge is 0.368 e. The van der Waals surface area contributed by atoms with Crippen molar-refractivity contribution in [3.8, 4) is 0 Å². The molecule has 21 heavy (non-hydrogen) atoms. The molecule has 1 fully saturated rings. The molecule has 1 aliphatic heterocycles. The standard InChI is InChI=1S/C13H16ClN5O2/c1-13(2)20-5-8(6-21-13)3-4-19-7-16-11-9(19)10(14)17-12(15)18-11/h3,7H,4-6H2,1-2H3,(H2,15,17,18). The average Bonchev–Trinajstić information content (AvgIpc) is 2.80. The fraction of sp³-hybridized carbons (Fsp3) is 0.462. The summed E-state index contributed by atoms with van der Waals surface area (Å²) in [5.74, 6) is -0.402. The highest BCUT2D eigenvalue weighted by molar-refractivity contribution is 6.33. The molecule has 0 saturated carbocycles. The number of nitrogen functional groups attached to an aromatic ring is 1. The Labute approximate surface area is 126 Å². The summed E-state index contributed by atoms with van der Waals surface area (Å²) in [4.78, 5) is 12.2. The molecule has 7 nitrogen and oxygen atoms in total. The first kappa shape index (κ1) is 14.2. The quantitative estimate of drug-likeness (QED) is 0.672. The summed E-state index contributed by atoms with van der Waals surface area (Å²) in [6.07, 6.45) is 3.69. The van der Waals surface area contributed by atoms with E-state index in [0.29, 0.717) is 36.1 Å². The number of ether oxygens (including phenoxy) is 2. The highest BCUT2D eigenvalue weighted by Crippen LogP contribution is 2.22. The highest BCUT2D eigenvalue weighted by Gasteiger charge is 2.24. The Morgan fingerprint density at radius 3 is 2.81 bits per heavy atom. The maximum absolute atomic E-state index is 6.11. The molecule has 0 atom stereocenters. The highest BCUT2D eigenvalue weighted by atomic mass is 35.5. The van der Waals surface area contributed by atoms with Gasteiger partial charge in [-0.3, -0.25) is 0 Å². The number of rotatable bonds is 2. The van der Waals surface area contributed by atoms with Crippen molar-refractivity contribution in [1.29, 1.82) is 0 Å². The molecular formula is C13H16ClN5O2. The number of hydrogen-bond acceptors (Lipinski definition) is 6. The summed E-state index contributed by atoms with van der Waals surface area (Å²) < 4.78 is 13.0. The van der Waals surface area contributed by atoms with Crippen molar-refractivity contribution in [3.05, 3.63) is 23.1 Å². The molecular weight excluding hydrogens is 294 g/mol. The lowest BCUT2D eigenvalue weighted by Gasteiger charge is -2.31. The second-order valence-electron chi connectivity index (χ2n) is 5.28. The lowest BCUT2D eigenvalue weighted by molar-refractivity contribution is -0.225. The third-order valence-electron chi connectivity index (χ3n) is 3.23. The molecule has 2 aromatic rings. The van der Waals surface area contributed by atoms with Gasteiger partial charge in [-0.05, 0) is 19.4 Å². The van der Waals surface area contributed by atoms with Crippen molar-refractivity contribution in [3.63, 3.8) is 0 Å². The smallest absolute Gasteiger partial charge is 0.223 e. The lowest BCUT2D eigenvalue weighted by Crippen LogP contribution is -2.35. The molecule has 2 N–H and O–H groups in total. The van der Waals surface area contributed by atoms with E-state index in [9.17, 15) is 0 Å². The van der Waals surface area contributed by atoms with Crippen LogP contribution in [0, 0.1) is 0 Å². The first-order chi connectivity index (χ1) is 9.94. The van der Waals surface area contributed by atoms with Gasteiger partial charge in [-0.15, -0.1) is 0 Å². The van der Waals surface area contributed by atoms with Gasteiger partial charge in [-0.1, -0.05) is 17.7 Å². The first-order valence-electron chi connectivity index (χ1n) is 6.54. The number of anilines is 1. The summed E-state index contributed by atoms with van der Waals surface area (Å²) in [6, 6.07) is 0. The predicted molar refractivity (Wildman–Crippen MR) is 78.8 cm³/mol. The molecule has 8 heteroatoms. The van der Waals surface area contributed by atoms with Gasteiger partial charge < -0.3 is 19.8 Å². The Hall–Kier alpha value is -1.70. The van der Waals surface area contributed by atoms with Crippen LogP contribution in [-0.2, 0) is 16.0 Å². The van der Waals surface area contributed by atoms with Crippen LogP contribution in [0.3, 0.4) is 0 Å². The number of imidazole rings is 1. The van der Waals surface area contributed by atoms with E-state index in [1.807, 2.05) is 24.5 Å². The third-order valence-corrected chi connectivity index (χ3v) is 3.50. The molecule has 1 saturated heterocycles. The number of halogens is 1. The zero-order valence-corrected chi connectivity index (χ0v) is 12.6. The van der Waals surface area contributed by atoms with E-state index in [0.717, 1.165) is 5.57 Å². The van der Waals surface area contributed by atoms with Crippen LogP contribution in [0.1, 0.15) is 13.8 Å². The first-order valence-corrected chi connectivity index (χ1v) is 6.92. The third kappa shape index (κ3) is 2.99. The van der Waals surface area contributed by atoms with E-state index in [4.69, 9.17) is 26.8 Å². The van der Waals surface area contributed by atoms with Crippen LogP contribution >= 0.6 is 11.6 Å². The molecule has 0 amide bonds. The van der Waals surface area contributed by atoms with E-state index in [-0.39, 0.29) is 5.95 Å². The Balaban J connectivity index is 1.80. The van der Waals surface area contributed by atoms with Gasteiger partial charge >= 0.3 is 0 Å². The average molecular weight is 310 g/mol. The molecule has 0 bridgehead atoms. The summed E-state index contributed by atoms with van der Waals surface area (Å²) in [5.41, 5.74) is 7.78. The Bertz CT molecular complexity index is 698. The summed E-state index contributed by atoms with van der Waals surface area (Å²) in [7, 11) is 0. The molecule has 112 valence electrons. The van der Waals surface area contributed by atoms with Gasteiger partial charge in [0.05, 0.1) is 19.5 Å². The zero-order valence-electron chi connectivity index (χ0n) is 11.8. The van der Waals surface area contributed by atoms with Crippen LogP contribution in [0.5, 0.6) is 0 Å². The normalized spacial score (nSPS) is 18.1. The molecule has 2 aromatic heterocycles. The van der Waals surface area contributed by atoms with Crippen LogP contribution in [0.15, 0.2) is 18.0 Å². The molecule has 1 aliphatic rings. The number of hydrogen-bond donors (Lipinski definition) is 1. The van der Waals surface area contributed by atoms with Crippen LogP contribution in [0.4, 0.5) is 5.95 Å². The van der Waals surface area contributed by atoms with Gasteiger partial charge in [0.15, 0.2) is 16.6 Å². The Morgan fingerprint density at radius 1 is 1.38 bits per heavy atom. The maximum atomic E-state index is 6.11. The topological polar surface area (TPSA) is 88.1 Å². The van der Waals surface area contributed by atoms with Gasteiger partial charge in [0.1, 0.15) is 5.52 Å². The Kier molecular flexibility index (Phi) is 3.56. The molecule has 0 radical (unpaired) electrons. The van der Waals surface area contributed by atoms with Crippen LogP contribution < -0.4 is 5.73 Å². The van der Waals surface area contributed by atoms with E-state index in [1.165, 1.54) is 0 Å². The van der Waals surface area contributed by atoms with Crippen molar-refractivity contribution in [1.82, 2.24) is 19.5 Å². The summed E-state index contributed by atoms with van der Waals surface area (Å²) in [5, 5.41) is 0.297. The second kappa shape index (κ2) is 5.25. The minimum Gasteiger partial charge on any atom is -0.368 e. The lowest BCUT2D eigenvalue weighted by atomic mass is 10.2. The van der Waals surface area contributed by atoms with Crippen molar-refractivity contribution in [2.75, 3.05) is 18.9 Å². The van der Waals surface area contributed by atoms with E-state index < -0.39 is 5.79 Å². The van der Waals surface area contributed by atoms with Crippen LogP contribution in [-0.4, -0.2) is 38.5 Å². The van der Waals surface area contributed by atoms with Crippen molar-refractivity contribution in [2.45, 2.75) is 26.2 Å². The minimum absolute atomic E-state index is 0.118. The molecule has 0 aliphatic carbocycles. The maximum Gasteiger partial charge on any atom is 0.223 e. The molecule has 3 heterocycles. The zero-order chi connectivity index (χ0) is 15.0. The summed E-state index contributed by atoms with van der Waals surface area (Å²) in [6.45, 7) is 5.49. The van der Waals surface area contributed by atoms with Crippen LogP contribution in [0.25, 0.3) is 11.2 Å². The monoisotopic (exact) mass is 309 g/mol. The van der Waals surface area contributed by atoms with E-state index in [1.54, 1.807) is 6.33 Å². The Morgan fingerprint density at radius 2 is 2.10 bits per heavy atom. The van der Waals surface area contributed by atoms with Gasteiger partial charge in [-0.25, -0.2) is 4.98 Å². The number of nitrogens with zero attached hydrogens (tertiary/aromatic N) is 4. The van der Waals surface area contributed by atoms with Gasteiger partial charge in [0.25, 0.3) is 0 Å². The van der Waals surface area contributed by atoms with E-state index >= 15 is 0 Å². The number of allylic oxidation sites excluding steroid dienone is 1. The van der Waals surface area contributed by atoms with Gasteiger partial charge in [-0.2, -0.15) is 9.97 Å². The molecule has 0 unspecified atom stereocenters. The molecule has 0 spiro atoms. The van der Waals surface area contributed by atoms with Crippen molar-refractivity contribution in [2.24, 2.45) is 0 Å². The van der Waals surface area contributed by atoms with Gasteiger partial charge in [0, 0.05) is 6.54 Å². The van der Waals surface area contributed by atoms with Crippen molar-refractivity contribution < 1.29 is 9.47 Å². The van der Waals surface area contributed by atoms with E-state index in [2.05, 4.69) is 15.0 Å². The van der Waals surface area contributed by atoms with Gasteiger partial charge in [0.2, 0.25) is 5.95 Å². The van der Waals surface area contributed by atoms with Crippen LogP contribution in [0.2, 0.25) is 5.15 Å². The number of nitrogens with two attached hydrogens (primary N) is 1. The molecule has 0 aromatic carbocycles. The minimum atomic E-state index is -0.520. The predicted octanol–water partition coefficient (Wildman–Crippen LogP) is 1.77. The molecule has 3 rings (SSSR count). The SMILES string of the molecule is CC1(C)OCC(=CCn2cnc3nc(N)nc(Cl)c32)CO1. The number of fused-ring (bicyclic) bond motifs is 1. The second-order valence-corrected chi connectivity index (χ2v) is 5.64. The fourth-order valence-corrected chi connectivity index (χ4v) is 2.33. The fourth-order valence-electron chi connectivity index (χ4n) is 2.05. The van der Waals surface area contributed by atoms with Crippen molar-refractivity contribution >= 4 is 28.7 Å². The summed E-state index contributed by atoms with van der Waals surface area (Å²) >= 11 is 6.11. The number of aromatic nitrogens is 4.